The Morgan fingerprint density at radius 1 is 1.25 bits per heavy atom. The molecule has 0 aromatic heterocycles. The molecule has 24 heavy (non-hydrogen) atoms. The van der Waals surface area contributed by atoms with E-state index in [1.165, 1.54) is 31.2 Å². The van der Waals surface area contributed by atoms with E-state index in [1.807, 2.05) is 0 Å². The van der Waals surface area contributed by atoms with Crippen molar-refractivity contribution in [1.29, 1.82) is 0 Å². The summed E-state index contributed by atoms with van der Waals surface area (Å²) >= 11 is 0. The molecule has 4 nitrogen and oxygen atoms in total. The van der Waals surface area contributed by atoms with Crippen molar-refractivity contribution in [1.82, 2.24) is 5.32 Å². The maximum absolute atomic E-state index is 12.9. The van der Waals surface area contributed by atoms with E-state index in [9.17, 15) is 17.6 Å². The zero-order chi connectivity index (χ0) is 17.9. The van der Waals surface area contributed by atoms with Gasteiger partial charge in [0.05, 0.1) is 5.75 Å². The Morgan fingerprint density at radius 3 is 2.50 bits per heavy atom. The number of nitrogens with one attached hydrogen (secondary N) is 1. The van der Waals surface area contributed by atoms with Gasteiger partial charge in [0.15, 0.2) is 9.84 Å². The van der Waals surface area contributed by atoms with Crippen LogP contribution in [0.1, 0.15) is 45.6 Å². The molecule has 1 fully saturated rings. The van der Waals surface area contributed by atoms with Gasteiger partial charge >= 0.3 is 0 Å². The molecule has 1 aliphatic rings. The summed E-state index contributed by atoms with van der Waals surface area (Å²) in [5.74, 6) is -0.256. The van der Waals surface area contributed by atoms with Crippen LogP contribution in [0.5, 0.6) is 0 Å². The largest absolute Gasteiger partial charge is 0.352 e. The van der Waals surface area contributed by atoms with Gasteiger partial charge in [-0.15, -0.1) is 0 Å². The number of carbonyl (C=O) groups is 1. The lowest BCUT2D eigenvalue weighted by Gasteiger charge is -2.35. The van der Waals surface area contributed by atoms with Gasteiger partial charge < -0.3 is 5.32 Å². The molecule has 0 heterocycles. The summed E-state index contributed by atoms with van der Waals surface area (Å²) in [7, 11) is -3.64. The van der Waals surface area contributed by atoms with Gasteiger partial charge in [-0.1, -0.05) is 38.8 Å². The van der Waals surface area contributed by atoms with Crippen molar-refractivity contribution in [2.24, 2.45) is 11.8 Å². The molecule has 0 bridgehead atoms. The van der Waals surface area contributed by atoms with Gasteiger partial charge in [-0.25, -0.2) is 12.8 Å². The Balaban J connectivity index is 2.01. The molecule has 0 unspecified atom stereocenters. The maximum atomic E-state index is 12.9. The standard InChI is InChI=1S/C18H26FNO3S/c1-12-5-4-6-17(13(12)2)20-18(21)14(3)24(22,23)11-15-7-9-16(19)10-8-15/h7-10,12-14,17H,4-6,11H2,1-3H3,(H,20,21)/t12-,13+,14-,17+/m1/s1. The van der Waals surface area contributed by atoms with Gasteiger partial charge in [0, 0.05) is 6.04 Å². The third-order valence-electron chi connectivity index (χ3n) is 5.22. The number of sulfone groups is 1. The van der Waals surface area contributed by atoms with Crippen LogP contribution in [0.2, 0.25) is 0 Å². The molecule has 0 spiro atoms. The van der Waals surface area contributed by atoms with Crippen LogP contribution < -0.4 is 5.32 Å². The van der Waals surface area contributed by atoms with Crippen molar-refractivity contribution in [2.75, 3.05) is 0 Å². The van der Waals surface area contributed by atoms with Crippen LogP contribution in [-0.4, -0.2) is 25.6 Å². The number of hydrogen-bond donors (Lipinski definition) is 1. The van der Waals surface area contributed by atoms with Gasteiger partial charge in [0.25, 0.3) is 0 Å². The summed E-state index contributed by atoms with van der Waals surface area (Å²) in [4.78, 5) is 12.4. The Kier molecular flexibility index (Phi) is 6.01. The van der Waals surface area contributed by atoms with E-state index in [2.05, 4.69) is 19.2 Å². The van der Waals surface area contributed by atoms with E-state index in [1.54, 1.807) is 0 Å². The van der Waals surface area contributed by atoms with Gasteiger partial charge in [0.2, 0.25) is 5.91 Å². The minimum absolute atomic E-state index is 0.0321. The number of carbonyl (C=O) groups excluding carboxylic acids is 1. The number of rotatable bonds is 5. The Bertz CT molecular complexity index is 672. The topological polar surface area (TPSA) is 63.2 Å². The van der Waals surface area contributed by atoms with E-state index >= 15 is 0 Å². The van der Waals surface area contributed by atoms with Crippen molar-refractivity contribution in [2.45, 2.75) is 57.1 Å². The highest BCUT2D eigenvalue weighted by Crippen LogP contribution is 2.29. The molecule has 1 aromatic carbocycles. The lowest BCUT2D eigenvalue weighted by atomic mass is 9.78. The van der Waals surface area contributed by atoms with E-state index in [0.717, 1.165) is 19.3 Å². The quantitative estimate of drug-likeness (QED) is 0.883. The minimum Gasteiger partial charge on any atom is -0.352 e. The highest BCUT2D eigenvalue weighted by Gasteiger charge is 2.33. The third kappa shape index (κ3) is 4.56. The van der Waals surface area contributed by atoms with E-state index < -0.39 is 26.8 Å². The van der Waals surface area contributed by atoms with Crippen LogP contribution >= 0.6 is 0 Å². The van der Waals surface area contributed by atoms with Crippen LogP contribution in [0.15, 0.2) is 24.3 Å². The van der Waals surface area contributed by atoms with Crippen LogP contribution in [0.3, 0.4) is 0 Å². The Hall–Kier alpha value is -1.43. The average molecular weight is 355 g/mol. The molecule has 1 N–H and O–H groups in total. The average Bonchev–Trinajstić information content (AvgIpc) is 2.53. The van der Waals surface area contributed by atoms with Crippen molar-refractivity contribution >= 4 is 15.7 Å². The first-order valence-corrected chi connectivity index (χ1v) is 10.2. The van der Waals surface area contributed by atoms with E-state index in [-0.39, 0.29) is 11.8 Å². The molecule has 1 aromatic rings. The van der Waals surface area contributed by atoms with Crippen LogP contribution in [0, 0.1) is 17.7 Å². The molecular weight excluding hydrogens is 329 g/mol. The number of halogens is 1. The Morgan fingerprint density at radius 2 is 1.88 bits per heavy atom. The van der Waals surface area contributed by atoms with E-state index in [4.69, 9.17) is 0 Å². The summed E-state index contributed by atoms with van der Waals surface area (Å²) in [5, 5.41) is 1.80. The SMILES string of the molecule is C[C@H]1[C@H](C)CCC[C@@H]1NC(=O)[C@@H](C)S(=O)(=O)Cc1ccc(F)cc1. The molecule has 1 saturated carbocycles. The van der Waals surface area contributed by atoms with Gasteiger partial charge in [-0.3, -0.25) is 4.79 Å². The summed E-state index contributed by atoms with van der Waals surface area (Å²) < 4.78 is 37.8. The second-order valence-corrected chi connectivity index (χ2v) is 9.28. The molecule has 2 rings (SSSR count). The molecule has 1 aliphatic carbocycles. The van der Waals surface area contributed by atoms with Crippen molar-refractivity contribution in [3.8, 4) is 0 Å². The molecule has 1 amide bonds. The zero-order valence-electron chi connectivity index (χ0n) is 14.5. The summed E-state index contributed by atoms with van der Waals surface area (Å²) in [6.07, 6.45) is 3.08. The lowest BCUT2D eigenvalue weighted by Crippen LogP contribution is -2.48. The normalized spacial score (nSPS) is 25.9. The molecular formula is C18H26FNO3S. The summed E-state index contributed by atoms with van der Waals surface area (Å²) in [6, 6.07) is 5.34. The Labute approximate surface area is 143 Å². The molecule has 6 heteroatoms. The van der Waals surface area contributed by atoms with Crippen molar-refractivity contribution < 1.29 is 17.6 Å². The first-order chi connectivity index (χ1) is 11.2. The van der Waals surface area contributed by atoms with Crippen LogP contribution in [-0.2, 0) is 20.4 Å². The first-order valence-electron chi connectivity index (χ1n) is 8.47. The van der Waals surface area contributed by atoms with Gasteiger partial charge in [-0.05, 0) is 42.9 Å². The second-order valence-electron chi connectivity index (χ2n) is 6.96. The molecule has 4 atom stereocenters. The number of benzene rings is 1. The monoisotopic (exact) mass is 355 g/mol. The van der Waals surface area contributed by atoms with Crippen molar-refractivity contribution in [3.05, 3.63) is 35.6 Å². The third-order valence-corrected chi connectivity index (χ3v) is 7.25. The molecule has 0 aliphatic heterocycles. The molecule has 0 saturated heterocycles. The predicted molar refractivity (Wildman–Crippen MR) is 92.6 cm³/mol. The number of amides is 1. The highest BCUT2D eigenvalue weighted by atomic mass is 32.2. The molecule has 134 valence electrons. The van der Waals surface area contributed by atoms with Gasteiger partial charge in [-0.2, -0.15) is 0 Å². The highest BCUT2D eigenvalue weighted by molar-refractivity contribution is 7.92. The fourth-order valence-corrected chi connectivity index (χ4v) is 4.49. The first kappa shape index (κ1) is 18.9. The molecule has 0 radical (unpaired) electrons. The summed E-state index contributed by atoms with van der Waals surface area (Å²) in [5.41, 5.74) is 0.482. The lowest BCUT2D eigenvalue weighted by molar-refractivity contribution is -0.121. The van der Waals surface area contributed by atoms with Crippen molar-refractivity contribution in [3.63, 3.8) is 0 Å². The van der Waals surface area contributed by atoms with E-state index in [0.29, 0.717) is 17.4 Å². The zero-order valence-corrected chi connectivity index (χ0v) is 15.3. The predicted octanol–water partition coefficient (Wildman–Crippen LogP) is 3.07. The summed E-state index contributed by atoms with van der Waals surface area (Å²) in [6.45, 7) is 5.69. The van der Waals surface area contributed by atoms with Crippen LogP contribution in [0.4, 0.5) is 4.39 Å². The maximum Gasteiger partial charge on any atom is 0.238 e. The fourth-order valence-electron chi connectivity index (χ4n) is 3.19. The fraction of sp³-hybridized carbons (Fsp3) is 0.611. The number of hydrogen-bond acceptors (Lipinski definition) is 3. The second kappa shape index (κ2) is 7.64. The van der Waals surface area contributed by atoms with Gasteiger partial charge in [0.1, 0.15) is 11.1 Å². The van der Waals surface area contributed by atoms with Crippen LogP contribution in [0.25, 0.3) is 0 Å². The smallest absolute Gasteiger partial charge is 0.238 e. The minimum atomic E-state index is -3.64.